The van der Waals surface area contributed by atoms with Crippen molar-refractivity contribution in [2.45, 2.75) is 57.4 Å². The molecule has 1 aromatic carbocycles. The Morgan fingerprint density at radius 2 is 2.16 bits per heavy atom. The van der Waals surface area contributed by atoms with Crippen molar-refractivity contribution in [3.8, 4) is 5.75 Å². The molecule has 1 fully saturated rings. The van der Waals surface area contributed by atoms with Gasteiger partial charge in [-0.05, 0) is 48.6 Å². The number of halogens is 1. The Kier molecular flexibility index (Phi) is 8.23. The number of fused-ring (bicyclic) bond motifs is 1. The van der Waals surface area contributed by atoms with Gasteiger partial charge in [-0.3, -0.25) is 9.69 Å². The van der Waals surface area contributed by atoms with Crippen molar-refractivity contribution in [2.24, 2.45) is 0 Å². The Morgan fingerprint density at radius 1 is 1.30 bits per heavy atom. The van der Waals surface area contributed by atoms with Crippen molar-refractivity contribution >= 4 is 23.3 Å². The molecule has 0 bridgehead atoms. The van der Waals surface area contributed by atoms with Gasteiger partial charge >= 0.3 is 0 Å². The number of amides is 1. The second kappa shape index (κ2) is 11.9. The first kappa shape index (κ1) is 25.5. The summed E-state index contributed by atoms with van der Waals surface area (Å²) in [6, 6.07) is 7.77. The molecule has 3 aromatic rings. The highest BCUT2D eigenvalue weighted by atomic mass is 35.5. The number of ether oxygens (including phenoxy) is 1. The molecule has 196 valence electrons. The van der Waals surface area contributed by atoms with Crippen molar-refractivity contribution in [2.75, 3.05) is 25.0 Å². The number of β-amino-alcohol motifs (C(OH)–C–C–N with tert-alkyl or cyclic N) is 1. The molecule has 0 spiro atoms. The molecule has 10 heteroatoms. The minimum absolute atomic E-state index is 0.172. The molecule has 3 N–H and O–H groups in total. The lowest BCUT2D eigenvalue weighted by Gasteiger charge is -2.31. The van der Waals surface area contributed by atoms with Gasteiger partial charge in [-0.15, -0.1) is 0 Å². The highest BCUT2D eigenvalue weighted by Crippen LogP contribution is 2.34. The van der Waals surface area contributed by atoms with Gasteiger partial charge in [0, 0.05) is 44.0 Å². The Balaban J connectivity index is 1.10. The fourth-order valence-electron chi connectivity index (χ4n) is 4.98. The minimum atomic E-state index is -0.691. The van der Waals surface area contributed by atoms with E-state index in [2.05, 4.69) is 25.5 Å². The van der Waals surface area contributed by atoms with Gasteiger partial charge in [0.1, 0.15) is 18.2 Å². The normalized spacial score (nSPS) is 16.8. The second-order valence-electron chi connectivity index (χ2n) is 9.68. The van der Waals surface area contributed by atoms with Crippen LogP contribution in [0.1, 0.15) is 52.9 Å². The number of hydrogen-bond acceptors (Lipinski definition) is 8. The fourth-order valence-corrected chi connectivity index (χ4v) is 5.32. The van der Waals surface area contributed by atoms with Gasteiger partial charge in [-0.1, -0.05) is 30.5 Å². The summed E-state index contributed by atoms with van der Waals surface area (Å²) in [4.78, 5) is 23.1. The summed E-state index contributed by atoms with van der Waals surface area (Å²) in [5.41, 5.74) is 2.71. The van der Waals surface area contributed by atoms with Crippen LogP contribution in [-0.2, 0) is 19.6 Å². The van der Waals surface area contributed by atoms with E-state index in [4.69, 9.17) is 20.8 Å². The Hall–Kier alpha value is -3.14. The number of carbonyl (C=O) groups is 1. The highest BCUT2D eigenvalue weighted by molar-refractivity contribution is 6.33. The molecular formula is C27H32ClN5O4. The molecular weight excluding hydrogens is 494 g/mol. The maximum absolute atomic E-state index is 12.7. The molecule has 1 saturated carbocycles. The molecule has 1 aliphatic heterocycles. The first-order chi connectivity index (χ1) is 18.0. The third kappa shape index (κ3) is 6.60. The van der Waals surface area contributed by atoms with E-state index >= 15 is 0 Å². The molecule has 3 heterocycles. The van der Waals surface area contributed by atoms with Crippen molar-refractivity contribution in [1.82, 2.24) is 20.2 Å². The number of rotatable bonds is 10. The summed E-state index contributed by atoms with van der Waals surface area (Å²) in [6.07, 6.45) is 9.41. The van der Waals surface area contributed by atoms with Gasteiger partial charge < -0.3 is 24.9 Å². The van der Waals surface area contributed by atoms with Gasteiger partial charge in [-0.25, -0.2) is 9.97 Å². The van der Waals surface area contributed by atoms with Gasteiger partial charge in [0.15, 0.2) is 12.2 Å². The van der Waals surface area contributed by atoms with E-state index in [1.807, 2.05) is 12.1 Å². The number of hydrogen-bond donors (Lipinski definition) is 3. The zero-order valence-corrected chi connectivity index (χ0v) is 21.4. The molecule has 0 saturated heterocycles. The van der Waals surface area contributed by atoms with Crippen LogP contribution in [-0.4, -0.2) is 57.7 Å². The molecule has 1 amide bonds. The van der Waals surface area contributed by atoms with E-state index in [1.165, 1.54) is 19.2 Å². The standard InChI is InChI=1S/C27H32ClN5O4/c28-26-23-8-10-33(14-19(23)5-6-24(26)36-16-22-13-29-17-37-22)15-21(34)12-31-27(35)18-7-9-30-25(11-18)32-20-3-1-2-4-20/h5-7,9,11,13,17,20-21,34H,1-4,8,10,12,14-16H2,(H,30,32)(H,31,35). The summed E-state index contributed by atoms with van der Waals surface area (Å²) in [5.74, 6) is 1.75. The summed E-state index contributed by atoms with van der Waals surface area (Å²) >= 11 is 6.63. The van der Waals surface area contributed by atoms with Crippen molar-refractivity contribution in [3.05, 3.63) is 70.5 Å². The van der Waals surface area contributed by atoms with Crippen LogP contribution < -0.4 is 15.4 Å². The van der Waals surface area contributed by atoms with Crippen LogP contribution in [0.5, 0.6) is 5.75 Å². The number of aromatic nitrogens is 2. The fraction of sp³-hybridized carbons (Fsp3) is 0.444. The zero-order valence-electron chi connectivity index (χ0n) is 20.7. The minimum Gasteiger partial charge on any atom is -0.484 e. The predicted molar refractivity (Wildman–Crippen MR) is 140 cm³/mol. The smallest absolute Gasteiger partial charge is 0.251 e. The molecule has 1 unspecified atom stereocenters. The van der Waals surface area contributed by atoms with E-state index in [9.17, 15) is 9.90 Å². The predicted octanol–water partition coefficient (Wildman–Crippen LogP) is 3.81. The number of oxazole rings is 1. The number of pyridine rings is 1. The second-order valence-corrected chi connectivity index (χ2v) is 10.1. The average molecular weight is 526 g/mol. The van der Waals surface area contributed by atoms with Crippen LogP contribution in [0, 0.1) is 0 Å². The Bertz CT molecular complexity index is 1200. The van der Waals surface area contributed by atoms with E-state index in [-0.39, 0.29) is 19.1 Å². The molecule has 1 atom stereocenters. The number of nitrogens with zero attached hydrogens (tertiary/aromatic N) is 3. The van der Waals surface area contributed by atoms with Gasteiger partial charge in [0.25, 0.3) is 5.91 Å². The number of carbonyl (C=O) groups excluding carboxylic acids is 1. The number of aliphatic hydroxyl groups is 1. The average Bonchev–Trinajstić information content (AvgIpc) is 3.62. The summed E-state index contributed by atoms with van der Waals surface area (Å²) in [5, 5.41) is 17.5. The van der Waals surface area contributed by atoms with E-state index in [1.54, 1.807) is 24.5 Å². The molecule has 9 nitrogen and oxygen atoms in total. The third-order valence-electron chi connectivity index (χ3n) is 6.93. The largest absolute Gasteiger partial charge is 0.484 e. The van der Waals surface area contributed by atoms with Crippen LogP contribution in [0.3, 0.4) is 0 Å². The zero-order chi connectivity index (χ0) is 25.6. The van der Waals surface area contributed by atoms with Gasteiger partial charge in [0.2, 0.25) is 0 Å². The topological polar surface area (TPSA) is 113 Å². The quantitative estimate of drug-likeness (QED) is 0.366. The molecule has 1 aliphatic carbocycles. The van der Waals surface area contributed by atoms with Crippen molar-refractivity contribution < 1.29 is 19.1 Å². The van der Waals surface area contributed by atoms with Crippen molar-refractivity contribution in [1.29, 1.82) is 0 Å². The van der Waals surface area contributed by atoms with Gasteiger partial charge in [-0.2, -0.15) is 0 Å². The first-order valence-corrected chi connectivity index (χ1v) is 13.1. The molecule has 2 aliphatic rings. The third-order valence-corrected chi connectivity index (χ3v) is 7.34. The lowest BCUT2D eigenvalue weighted by atomic mass is 9.99. The molecule has 37 heavy (non-hydrogen) atoms. The van der Waals surface area contributed by atoms with Crippen LogP contribution >= 0.6 is 11.6 Å². The molecule has 5 rings (SSSR count). The maximum Gasteiger partial charge on any atom is 0.251 e. The van der Waals surface area contributed by atoms with Crippen LogP contribution in [0.15, 0.2) is 47.5 Å². The monoisotopic (exact) mass is 525 g/mol. The SMILES string of the molecule is O=C(NCC(O)CN1CCc2c(ccc(OCc3cnco3)c2Cl)C1)c1ccnc(NC2CCCC2)c1. The summed E-state index contributed by atoms with van der Waals surface area (Å²) in [6.45, 7) is 2.31. The number of aliphatic hydroxyl groups excluding tert-OH is 1. The lowest BCUT2D eigenvalue weighted by molar-refractivity contribution is 0.0841. The highest BCUT2D eigenvalue weighted by Gasteiger charge is 2.23. The number of anilines is 1. The first-order valence-electron chi connectivity index (χ1n) is 12.8. The molecule has 2 aromatic heterocycles. The number of nitrogens with one attached hydrogen (secondary N) is 2. The van der Waals surface area contributed by atoms with E-state index in [0.29, 0.717) is 41.2 Å². The van der Waals surface area contributed by atoms with E-state index in [0.717, 1.165) is 42.8 Å². The van der Waals surface area contributed by atoms with Crippen molar-refractivity contribution in [3.63, 3.8) is 0 Å². The van der Waals surface area contributed by atoms with Crippen LogP contribution in [0.4, 0.5) is 5.82 Å². The summed E-state index contributed by atoms with van der Waals surface area (Å²) in [7, 11) is 0. The Morgan fingerprint density at radius 3 is 2.97 bits per heavy atom. The summed E-state index contributed by atoms with van der Waals surface area (Å²) < 4.78 is 11.0. The Labute approximate surface area is 221 Å². The lowest BCUT2D eigenvalue weighted by Crippen LogP contribution is -2.42. The van der Waals surface area contributed by atoms with Gasteiger partial charge in [0.05, 0.1) is 17.3 Å². The van der Waals surface area contributed by atoms with E-state index < -0.39 is 6.10 Å². The molecule has 0 radical (unpaired) electrons. The van der Waals surface area contributed by atoms with Crippen LogP contribution in [0.2, 0.25) is 5.02 Å². The number of benzene rings is 1. The maximum atomic E-state index is 12.7. The van der Waals surface area contributed by atoms with Crippen LogP contribution in [0.25, 0.3) is 0 Å².